The number of aliphatic imine (C=N–C) groups is 1. The third kappa shape index (κ3) is 7.91. The van der Waals surface area contributed by atoms with E-state index >= 15 is 0 Å². The lowest BCUT2D eigenvalue weighted by atomic mass is 10.3. The van der Waals surface area contributed by atoms with E-state index < -0.39 is 13.3 Å². The maximum atomic E-state index is 13.4. The van der Waals surface area contributed by atoms with Gasteiger partial charge in [0, 0.05) is 20.0 Å². The first-order valence-electron chi connectivity index (χ1n) is 8.87. The Morgan fingerprint density at radius 1 is 1.00 bits per heavy atom. The summed E-state index contributed by atoms with van der Waals surface area (Å²) < 4.78 is 24.8. The second-order valence-electron chi connectivity index (χ2n) is 6.50. The van der Waals surface area contributed by atoms with Gasteiger partial charge in [0.05, 0.1) is 12.2 Å². The maximum absolute atomic E-state index is 13.4. The molecule has 0 heterocycles. The molecule has 0 rings (SSSR count). The first-order chi connectivity index (χ1) is 11.1. The summed E-state index contributed by atoms with van der Waals surface area (Å²) in [7, 11) is -3.46. The Morgan fingerprint density at radius 3 is 1.71 bits per heavy atom. The normalized spacial score (nSPS) is 14.3. The molecule has 7 heteroatoms. The fourth-order valence-electron chi connectivity index (χ4n) is 2.41. The molecule has 0 fully saturated rings. The second-order valence-corrected chi connectivity index (χ2v) is 8.78. The molecule has 1 atom stereocenters. The highest BCUT2D eigenvalue weighted by Gasteiger charge is 2.40. The van der Waals surface area contributed by atoms with Crippen LogP contribution >= 0.6 is 7.60 Å². The Balaban J connectivity index is 5.86. The number of nitrogens with zero attached hydrogens (tertiary/aromatic N) is 2. The van der Waals surface area contributed by atoms with Gasteiger partial charge in [-0.25, -0.2) is 0 Å². The van der Waals surface area contributed by atoms with E-state index in [1.165, 1.54) is 6.92 Å². The molecule has 0 aromatic carbocycles. The monoisotopic (exact) mass is 362 g/mol. The summed E-state index contributed by atoms with van der Waals surface area (Å²) in [5, 5.41) is 0. The smallest absolute Gasteiger partial charge is 0.341 e. The Hall–Kier alpha value is -0.710. The second kappa shape index (κ2) is 11.0. The first-order valence-corrected chi connectivity index (χ1v) is 10.5. The molecule has 1 unspecified atom stereocenters. The summed E-state index contributed by atoms with van der Waals surface area (Å²) in [6, 6.07) is 0. The summed E-state index contributed by atoms with van der Waals surface area (Å²) in [4.78, 5) is 17.8. The number of hydrogen-bond donors (Lipinski definition) is 0. The van der Waals surface area contributed by atoms with Crippen molar-refractivity contribution < 1.29 is 18.4 Å². The molecule has 0 aliphatic rings. The van der Waals surface area contributed by atoms with Crippen LogP contribution in [0.5, 0.6) is 0 Å². The zero-order valence-electron chi connectivity index (χ0n) is 16.5. The Bertz CT molecular complexity index is 444. The van der Waals surface area contributed by atoms with Crippen molar-refractivity contribution in [3.63, 3.8) is 0 Å². The highest BCUT2D eigenvalue weighted by Crippen LogP contribution is 2.55. The molecule has 0 spiro atoms. The topological polar surface area (TPSA) is 68.2 Å². The van der Waals surface area contributed by atoms with Gasteiger partial charge < -0.3 is 13.9 Å². The van der Waals surface area contributed by atoms with E-state index in [1.807, 2.05) is 32.6 Å². The molecule has 0 aromatic heterocycles. The summed E-state index contributed by atoms with van der Waals surface area (Å²) in [6.45, 7) is 16.1. The van der Waals surface area contributed by atoms with Crippen molar-refractivity contribution in [1.29, 1.82) is 0 Å². The molecule has 142 valence electrons. The highest BCUT2D eigenvalue weighted by molar-refractivity contribution is 7.55. The molecule has 0 radical (unpaired) electrons. The molecule has 1 amide bonds. The van der Waals surface area contributed by atoms with Crippen LogP contribution in [0.2, 0.25) is 0 Å². The van der Waals surface area contributed by atoms with E-state index in [2.05, 4.69) is 18.8 Å². The Labute approximate surface area is 147 Å². The van der Waals surface area contributed by atoms with Crippen LogP contribution in [0.15, 0.2) is 4.99 Å². The standard InChI is InChI=1S/C17H35N2O4P/c1-9-11-19(12-10-2)17(18-16(8)20)15(7)24(21,22-13(3)4)23-14(5)6/h13-15H,9-12H2,1-8H3. The highest BCUT2D eigenvalue weighted by atomic mass is 31.2. The fraction of sp³-hybridized carbons (Fsp3) is 0.882. The van der Waals surface area contributed by atoms with Crippen molar-refractivity contribution in [2.45, 2.75) is 86.1 Å². The van der Waals surface area contributed by atoms with Crippen LogP contribution in [0, 0.1) is 0 Å². The molecule has 0 aliphatic carbocycles. The lowest BCUT2D eigenvalue weighted by molar-refractivity contribution is -0.115. The quantitative estimate of drug-likeness (QED) is 0.325. The van der Waals surface area contributed by atoms with Gasteiger partial charge in [-0.3, -0.25) is 9.36 Å². The van der Waals surface area contributed by atoms with E-state index in [0.29, 0.717) is 5.84 Å². The maximum Gasteiger partial charge on any atom is 0.341 e. The van der Waals surface area contributed by atoms with Crippen molar-refractivity contribution >= 4 is 19.3 Å². The number of amidine groups is 1. The van der Waals surface area contributed by atoms with Crippen LogP contribution in [0.1, 0.15) is 68.2 Å². The summed E-state index contributed by atoms with van der Waals surface area (Å²) in [5.74, 6) is 0.186. The lowest BCUT2D eigenvalue weighted by Gasteiger charge is -2.33. The molecule has 0 aromatic rings. The summed E-state index contributed by atoms with van der Waals surface area (Å²) in [6.07, 6.45) is 1.32. The minimum Gasteiger partial charge on any atom is -0.359 e. The SMILES string of the molecule is CCCN(CCC)C(=NC(C)=O)C(C)P(=O)(OC(C)C)OC(C)C. The van der Waals surface area contributed by atoms with Gasteiger partial charge in [-0.05, 0) is 47.5 Å². The van der Waals surface area contributed by atoms with Crippen molar-refractivity contribution in [3.8, 4) is 0 Å². The molecule has 0 saturated carbocycles. The van der Waals surface area contributed by atoms with Crippen LogP contribution in [-0.4, -0.2) is 47.6 Å². The third-order valence-electron chi connectivity index (χ3n) is 3.15. The zero-order valence-corrected chi connectivity index (χ0v) is 17.4. The van der Waals surface area contributed by atoms with Gasteiger partial charge in [0.25, 0.3) is 0 Å². The average molecular weight is 362 g/mol. The van der Waals surface area contributed by atoms with Crippen LogP contribution < -0.4 is 0 Å². The number of amides is 1. The molecule has 0 bridgehead atoms. The lowest BCUT2D eigenvalue weighted by Crippen LogP contribution is -2.40. The predicted molar refractivity (Wildman–Crippen MR) is 99.8 cm³/mol. The van der Waals surface area contributed by atoms with E-state index in [1.54, 1.807) is 6.92 Å². The Kier molecular flexibility index (Phi) is 10.7. The fourth-order valence-corrected chi connectivity index (χ4v) is 4.50. The van der Waals surface area contributed by atoms with Gasteiger partial charge in [0.1, 0.15) is 11.5 Å². The van der Waals surface area contributed by atoms with Crippen molar-refractivity contribution in [3.05, 3.63) is 0 Å². The van der Waals surface area contributed by atoms with Gasteiger partial charge in [0.15, 0.2) is 0 Å². The van der Waals surface area contributed by atoms with E-state index in [9.17, 15) is 9.36 Å². The molecule has 6 nitrogen and oxygen atoms in total. The van der Waals surface area contributed by atoms with Crippen molar-refractivity contribution in [2.75, 3.05) is 13.1 Å². The third-order valence-corrected chi connectivity index (χ3v) is 5.76. The zero-order chi connectivity index (χ0) is 18.9. The van der Waals surface area contributed by atoms with Gasteiger partial charge in [0.2, 0.25) is 5.91 Å². The molecular weight excluding hydrogens is 327 g/mol. The number of carbonyl (C=O) groups excluding carboxylic acids is 1. The average Bonchev–Trinajstić information content (AvgIpc) is 2.41. The van der Waals surface area contributed by atoms with Gasteiger partial charge in [-0.15, -0.1) is 0 Å². The van der Waals surface area contributed by atoms with Gasteiger partial charge >= 0.3 is 7.60 Å². The molecule has 0 aliphatic heterocycles. The van der Waals surface area contributed by atoms with Gasteiger partial charge in [-0.1, -0.05) is 13.8 Å². The molecule has 0 saturated heterocycles. The number of carbonyl (C=O) groups is 1. The van der Waals surface area contributed by atoms with Gasteiger partial charge in [-0.2, -0.15) is 4.99 Å². The summed E-state index contributed by atoms with van der Waals surface area (Å²) in [5.41, 5.74) is -0.607. The van der Waals surface area contributed by atoms with E-state index in [0.717, 1.165) is 25.9 Å². The van der Waals surface area contributed by atoms with Crippen molar-refractivity contribution in [2.24, 2.45) is 4.99 Å². The first kappa shape index (κ1) is 23.3. The van der Waals surface area contributed by atoms with Crippen LogP contribution in [0.4, 0.5) is 0 Å². The van der Waals surface area contributed by atoms with Crippen LogP contribution in [0.3, 0.4) is 0 Å². The van der Waals surface area contributed by atoms with E-state index in [4.69, 9.17) is 9.05 Å². The van der Waals surface area contributed by atoms with Crippen LogP contribution in [-0.2, 0) is 18.4 Å². The van der Waals surface area contributed by atoms with Crippen LogP contribution in [0.25, 0.3) is 0 Å². The minimum absolute atomic E-state index is 0.249. The minimum atomic E-state index is -3.46. The summed E-state index contributed by atoms with van der Waals surface area (Å²) >= 11 is 0. The largest absolute Gasteiger partial charge is 0.359 e. The molecule has 0 N–H and O–H groups in total. The Morgan fingerprint density at radius 2 is 1.42 bits per heavy atom. The number of hydrogen-bond acceptors (Lipinski definition) is 4. The van der Waals surface area contributed by atoms with Crippen molar-refractivity contribution in [1.82, 2.24) is 4.90 Å². The van der Waals surface area contributed by atoms with E-state index in [-0.39, 0.29) is 18.1 Å². The predicted octanol–water partition coefficient (Wildman–Crippen LogP) is 4.49. The number of rotatable bonds is 10. The molecular formula is C17H35N2O4P. The molecule has 24 heavy (non-hydrogen) atoms.